The van der Waals surface area contributed by atoms with Crippen molar-refractivity contribution < 1.29 is 9.90 Å². The molecule has 3 nitrogen and oxygen atoms in total. The van der Waals surface area contributed by atoms with Crippen LogP contribution in [0.15, 0.2) is 0 Å². The third-order valence-corrected chi connectivity index (χ3v) is 4.09. The van der Waals surface area contributed by atoms with Gasteiger partial charge in [0.1, 0.15) is 0 Å². The minimum Gasteiger partial charge on any atom is -0.480 e. The van der Waals surface area contributed by atoms with E-state index in [4.69, 9.17) is 5.11 Å². The van der Waals surface area contributed by atoms with Crippen molar-refractivity contribution in [1.29, 1.82) is 0 Å². The quantitative estimate of drug-likeness (QED) is 0.777. The first-order valence-electron chi connectivity index (χ1n) is 6.98. The number of rotatable bonds is 6. The molecule has 1 rings (SSSR count). The summed E-state index contributed by atoms with van der Waals surface area (Å²) in [6.45, 7) is 7.74. The average molecular weight is 241 g/mol. The Morgan fingerprint density at radius 3 is 2.71 bits per heavy atom. The summed E-state index contributed by atoms with van der Waals surface area (Å²) in [5.74, 6) is 0.818. The van der Waals surface area contributed by atoms with Crippen LogP contribution in [0.4, 0.5) is 0 Å². The lowest BCUT2D eigenvalue weighted by Gasteiger charge is -2.34. The van der Waals surface area contributed by atoms with Gasteiger partial charge in [-0.1, -0.05) is 26.7 Å². The summed E-state index contributed by atoms with van der Waals surface area (Å²) < 4.78 is 0. The van der Waals surface area contributed by atoms with Crippen LogP contribution in [0.1, 0.15) is 52.9 Å². The van der Waals surface area contributed by atoms with Crippen LogP contribution in [0.2, 0.25) is 0 Å². The van der Waals surface area contributed by atoms with Crippen molar-refractivity contribution >= 4 is 5.97 Å². The predicted molar refractivity (Wildman–Crippen MR) is 70.1 cm³/mol. The van der Waals surface area contributed by atoms with Crippen LogP contribution in [-0.2, 0) is 4.79 Å². The zero-order chi connectivity index (χ0) is 12.8. The van der Waals surface area contributed by atoms with E-state index >= 15 is 0 Å². The summed E-state index contributed by atoms with van der Waals surface area (Å²) in [5.41, 5.74) is 0. The number of carbonyl (C=O) groups is 1. The fourth-order valence-electron chi connectivity index (χ4n) is 2.89. The number of nitrogens with zero attached hydrogens (tertiary/aromatic N) is 1. The zero-order valence-electron chi connectivity index (χ0n) is 11.5. The number of carboxylic acids is 1. The highest BCUT2D eigenvalue weighted by Crippen LogP contribution is 2.29. The molecular formula is C14H27NO2. The molecule has 1 fully saturated rings. The third kappa shape index (κ3) is 5.07. The normalized spacial score (nSPS) is 27.1. The molecule has 0 aromatic rings. The van der Waals surface area contributed by atoms with Crippen LogP contribution >= 0.6 is 0 Å². The third-order valence-electron chi connectivity index (χ3n) is 4.09. The first-order chi connectivity index (χ1) is 8.02. The fourth-order valence-corrected chi connectivity index (χ4v) is 2.89. The maximum atomic E-state index is 10.9. The highest BCUT2D eigenvalue weighted by molar-refractivity contribution is 5.69. The van der Waals surface area contributed by atoms with Gasteiger partial charge in [0, 0.05) is 12.6 Å². The number of hydrogen-bond acceptors (Lipinski definition) is 2. The molecule has 1 aliphatic carbocycles. The lowest BCUT2D eigenvalue weighted by molar-refractivity contribution is -0.139. The van der Waals surface area contributed by atoms with E-state index < -0.39 is 5.97 Å². The second-order valence-corrected chi connectivity index (χ2v) is 5.72. The van der Waals surface area contributed by atoms with E-state index in [-0.39, 0.29) is 6.54 Å². The maximum Gasteiger partial charge on any atom is 0.317 e. The molecule has 1 N–H and O–H groups in total. The van der Waals surface area contributed by atoms with E-state index in [1.165, 1.54) is 25.7 Å². The van der Waals surface area contributed by atoms with Crippen LogP contribution in [0.25, 0.3) is 0 Å². The molecule has 1 saturated carbocycles. The minimum absolute atomic E-state index is 0.194. The Labute approximate surface area is 105 Å². The smallest absolute Gasteiger partial charge is 0.317 e. The molecule has 0 spiro atoms. The van der Waals surface area contributed by atoms with E-state index in [2.05, 4.69) is 25.7 Å². The predicted octanol–water partition coefficient (Wildman–Crippen LogP) is 3.00. The average Bonchev–Trinajstić information content (AvgIpc) is 2.26. The van der Waals surface area contributed by atoms with Gasteiger partial charge in [0.2, 0.25) is 0 Å². The standard InChI is InChI=1S/C14H27NO2/c1-4-12(3)15(10-14(16)17)9-13-7-5-6-11(2)8-13/h11-13H,4-10H2,1-3H3,(H,16,17). The SMILES string of the molecule is CCC(C)N(CC(=O)O)CC1CCCC(C)C1. The van der Waals surface area contributed by atoms with Gasteiger partial charge in [-0.05, 0) is 38.0 Å². The van der Waals surface area contributed by atoms with Gasteiger partial charge < -0.3 is 5.11 Å². The molecule has 0 heterocycles. The summed E-state index contributed by atoms with van der Waals surface area (Å²) >= 11 is 0. The molecule has 1 aliphatic rings. The van der Waals surface area contributed by atoms with Crippen molar-refractivity contribution in [3.05, 3.63) is 0 Å². The van der Waals surface area contributed by atoms with Gasteiger partial charge in [-0.25, -0.2) is 0 Å². The van der Waals surface area contributed by atoms with Gasteiger partial charge in [-0.15, -0.1) is 0 Å². The Morgan fingerprint density at radius 2 is 2.18 bits per heavy atom. The molecule has 3 unspecified atom stereocenters. The Bertz CT molecular complexity index is 242. The molecular weight excluding hydrogens is 214 g/mol. The maximum absolute atomic E-state index is 10.9. The molecule has 0 radical (unpaired) electrons. The van der Waals surface area contributed by atoms with Crippen molar-refractivity contribution in [1.82, 2.24) is 4.90 Å². The molecule has 0 aromatic carbocycles. The van der Waals surface area contributed by atoms with E-state index in [1.54, 1.807) is 0 Å². The van der Waals surface area contributed by atoms with E-state index in [9.17, 15) is 4.79 Å². The Hall–Kier alpha value is -0.570. The van der Waals surface area contributed by atoms with Crippen molar-refractivity contribution in [3.63, 3.8) is 0 Å². The van der Waals surface area contributed by atoms with Gasteiger partial charge in [0.05, 0.1) is 6.54 Å². The van der Waals surface area contributed by atoms with Crippen molar-refractivity contribution in [2.75, 3.05) is 13.1 Å². The van der Waals surface area contributed by atoms with Gasteiger partial charge in [0.25, 0.3) is 0 Å². The molecule has 0 bridgehead atoms. The lowest BCUT2D eigenvalue weighted by Crippen LogP contribution is -2.41. The van der Waals surface area contributed by atoms with Crippen LogP contribution in [0.3, 0.4) is 0 Å². The van der Waals surface area contributed by atoms with Crippen LogP contribution in [0.5, 0.6) is 0 Å². The van der Waals surface area contributed by atoms with Gasteiger partial charge >= 0.3 is 5.97 Å². The Balaban J connectivity index is 2.49. The number of carboxylic acid groups (broad SMARTS) is 1. The van der Waals surface area contributed by atoms with Crippen molar-refractivity contribution in [3.8, 4) is 0 Å². The Morgan fingerprint density at radius 1 is 1.47 bits per heavy atom. The monoisotopic (exact) mass is 241 g/mol. The molecule has 17 heavy (non-hydrogen) atoms. The topological polar surface area (TPSA) is 40.5 Å². The highest BCUT2D eigenvalue weighted by Gasteiger charge is 2.24. The molecule has 0 amide bonds. The van der Waals surface area contributed by atoms with Gasteiger partial charge in [-0.3, -0.25) is 9.69 Å². The second-order valence-electron chi connectivity index (χ2n) is 5.72. The molecule has 0 saturated heterocycles. The minimum atomic E-state index is -0.700. The van der Waals surface area contributed by atoms with Crippen LogP contribution in [0, 0.1) is 11.8 Å². The first-order valence-corrected chi connectivity index (χ1v) is 6.98. The molecule has 100 valence electrons. The summed E-state index contributed by atoms with van der Waals surface area (Å²) in [6.07, 6.45) is 6.23. The van der Waals surface area contributed by atoms with Crippen molar-refractivity contribution in [2.45, 2.75) is 58.9 Å². The molecule has 3 atom stereocenters. The van der Waals surface area contributed by atoms with Gasteiger partial charge in [-0.2, -0.15) is 0 Å². The van der Waals surface area contributed by atoms with Crippen molar-refractivity contribution in [2.24, 2.45) is 11.8 Å². The first kappa shape index (κ1) is 14.5. The molecule has 0 aliphatic heterocycles. The number of hydrogen-bond donors (Lipinski definition) is 1. The summed E-state index contributed by atoms with van der Waals surface area (Å²) in [4.78, 5) is 13.0. The highest BCUT2D eigenvalue weighted by atomic mass is 16.4. The largest absolute Gasteiger partial charge is 0.480 e. The lowest BCUT2D eigenvalue weighted by atomic mass is 9.82. The van der Waals surface area contributed by atoms with Crippen LogP contribution < -0.4 is 0 Å². The zero-order valence-corrected chi connectivity index (χ0v) is 11.5. The molecule has 3 heteroatoms. The summed E-state index contributed by atoms with van der Waals surface area (Å²) in [6, 6.07) is 0.378. The Kier molecular flexibility index (Phi) is 5.96. The second kappa shape index (κ2) is 7.00. The van der Waals surface area contributed by atoms with E-state index in [1.807, 2.05) is 0 Å². The molecule has 0 aromatic heterocycles. The van der Waals surface area contributed by atoms with E-state index in [0.717, 1.165) is 18.9 Å². The summed E-state index contributed by atoms with van der Waals surface area (Å²) in [7, 11) is 0. The van der Waals surface area contributed by atoms with Crippen LogP contribution in [-0.4, -0.2) is 35.1 Å². The van der Waals surface area contributed by atoms with E-state index in [0.29, 0.717) is 12.0 Å². The summed E-state index contributed by atoms with van der Waals surface area (Å²) in [5, 5.41) is 8.97. The number of aliphatic carboxylic acids is 1. The van der Waals surface area contributed by atoms with Gasteiger partial charge in [0.15, 0.2) is 0 Å². The fraction of sp³-hybridized carbons (Fsp3) is 0.929.